The number of anilines is 1. The Bertz CT molecular complexity index is 1690. The van der Waals surface area contributed by atoms with Gasteiger partial charge in [-0.05, 0) is 48.5 Å². The third-order valence-corrected chi connectivity index (χ3v) is 5.46. The Morgan fingerprint density at radius 3 is 1.04 bits per heavy atom. The zero-order chi connectivity index (χ0) is 37.2. The molecule has 20 heteroatoms. The molecule has 0 radical (unpaired) electrons. The summed E-state index contributed by atoms with van der Waals surface area (Å²) in [6, 6.07) is 7.83. The van der Waals surface area contributed by atoms with Crippen LogP contribution in [-0.4, -0.2) is 95.3 Å². The first-order valence-corrected chi connectivity index (χ1v) is 12.2. The lowest BCUT2D eigenvalue weighted by molar-refractivity contribution is 0.0681. The van der Waals surface area contributed by atoms with Gasteiger partial charge in [0.15, 0.2) is 40.2 Å². The minimum absolute atomic E-state index is 0.0669. The Morgan fingerprint density at radius 2 is 0.750 bits per heavy atom. The number of carboxylic acids is 3. The summed E-state index contributed by atoms with van der Waals surface area (Å²) in [4.78, 5) is 41.6. The number of amides is 1. The van der Waals surface area contributed by atoms with Gasteiger partial charge in [-0.2, -0.15) is 0 Å². The Balaban J connectivity index is 0.000000320. The van der Waals surface area contributed by atoms with E-state index in [1.54, 1.807) is 0 Å². The third kappa shape index (κ3) is 9.68. The van der Waals surface area contributed by atoms with E-state index in [9.17, 15) is 19.2 Å². The molecule has 48 heavy (non-hydrogen) atoms. The molecule has 0 fully saturated rings. The van der Waals surface area contributed by atoms with Crippen molar-refractivity contribution in [2.75, 3.05) is 5.73 Å². The highest BCUT2D eigenvalue weighted by Gasteiger charge is 2.17. The van der Waals surface area contributed by atoms with Crippen LogP contribution in [0.5, 0.6) is 63.2 Å². The van der Waals surface area contributed by atoms with Crippen LogP contribution in [0.3, 0.4) is 0 Å². The Kier molecular flexibility index (Phi) is 12.7. The molecule has 0 aromatic heterocycles. The molecule has 256 valence electrons. The van der Waals surface area contributed by atoms with Crippen LogP contribution in [0, 0.1) is 0 Å². The Morgan fingerprint density at radius 1 is 0.417 bits per heavy atom. The first-order valence-electron chi connectivity index (χ1n) is 12.2. The summed E-state index contributed by atoms with van der Waals surface area (Å²) in [5.41, 5.74) is 8.61. The number of benzene rings is 4. The van der Waals surface area contributed by atoms with Gasteiger partial charge in [-0.25, -0.2) is 14.4 Å². The number of hydrogen-bond acceptors (Lipinski definition) is 16. The van der Waals surface area contributed by atoms with Gasteiger partial charge >= 0.3 is 17.9 Å². The van der Waals surface area contributed by atoms with Crippen LogP contribution in [0.2, 0.25) is 0 Å². The van der Waals surface area contributed by atoms with Gasteiger partial charge in [0, 0.05) is 5.56 Å². The van der Waals surface area contributed by atoms with Crippen LogP contribution >= 0.6 is 0 Å². The second kappa shape index (κ2) is 15.9. The van der Waals surface area contributed by atoms with Crippen LogP contribution in [0.4, 0.5) is 5.69 Å². The van der Waals surface area contributed by atoms with E-state index >= 15 is 0 Å². The van der Waals surface area contributed by atoms with Gasteiger partial charge in [-0.3, -0.25) is 4.79 Å². The molecule has 0 aliphatic heterocycles. The fourth-order valence-corrected chi connectivity index (χ4v) is 2.98. The lowest BCUT2D eigenvalue weighted by atomic mass is 10.2. The van der Waals surface area contributed by atoms with Crippen LogP contribution in [0.15, 0.2) is 48.5 Å². The molecule has 0 aliphatic rings. The van der Waals surface area contributed by atoms with Gasteiger partial charge in [0.05, 0.1) is 5.56 Å². The quantitative estimate of drug-likeness (QED) is 0.107. The standard InChI is InChI=1S/2C7H7NO4.2C7H6O5/c8-7(12)3-1-4(9)6(11)5(10)2-3;8-6-4(9)1-3(7(11)12)2-5(6)10;2*8-4-2-1-3(7(11)12)5(9)6(4)10/h1-2,9-11H,(H2,8,12);1-2,9-10H,8H2,(H,11,12);2*1-2,8-10H,(H,11,12). The molecule has 20 nitrogen and oxygen atoms in total. The summed E-state index contributed by atoms with van der Waals surface area (Å²) in [5.74, 6) is -11.9. The van der Waals surface area contributed by atoms with E-state index in [0.717, 1.165) is 48.5 Å². The number of primary amides is 1. The molecular weight excluding hydrogens is 652 g/mol. The first-order chi connectivity index (χ1) is 22.1. The molecule has 0 heterocycles. The predicted octanol–water partition coefficient (Wildman–Crippen LogP) is 1.28. The molecule has 4 rings (SSSR count). The van der Waals surface area contributed by atoms with Crippen molar-refractivity contribution in [2.45, 2.75) is 0 Å². The van der Waals surface area contributed by atoms with Crippen molar-refractivity contribution in [2.24, 2.45) is 5.73 Å². The average molecular weight is 679 g/mol. The van der Waals surface area contributed by atoms with E-state index in [1.807, 2.05) is 0 Å². The van der Waals surface area contributed by atoms with Gasteiger partial charge in [0.2, 0.25) is 17.4 Å². The van der Waals surface area contributed by atoms with Crippen molar-refractivity contribution in [3.63, 3.8) is 0 Å². The van der Waals surface area contributed by atoms with E-state index in [-0.39, 0.29) is 16.8 Å². The zero-order valence-electron chi connectivity index (χ0n) is 23.7. The molecule has 0 bridgehead atoms. The lowest BCUT2D eigenvalue weighted by Crippen LogP contribution is -2.10. The van der Waals surface area contributed by atoms with Gasteiger partial charge in [0.25, 0.3) is 0 Å². The summed E-state index contributed by atoms with van der Waals surface area (Å²) >= 11 is 0. The van der Waals surface area contributed by atoms with Crippen LogP contribution in [-0.2, 0) is 0 Å². The number of nitrogens with two attached hydrogens (primary N) is 2. The van der Waals surface area contributed by atoms with Crippen LogP contribution < -0.4 is 11.5 Å². The van der Waals surface area contributed by atoms with Crippen molar-refractivity contribution >= 4 is 29.5 Å². The molecule has 4 aromatic rings. The van der Waals surface area contributed by atoms with Gasteiger partial charge in [0.1, 0.15) is 28.3 Å². The van der Waals surface area contributed by atoms with E-state index in [1.165, 1.54) is 0 Å². The van der Waals surface area contributed by atoms with E-state index in [4.69, 9.17) is 83.0 Å². The molecular formula is C28H26N2O18. The summed E-state index contributed by atoms with van der Waals surface area (Å²) in [7, 11) is 0. The fraction of sp³-hybridized carbons (Fsp3) is 0. The monoisotopic (exact) mass is 678 g/mol. The third-order valence-electron chi connectivity index (χ3n) is 5.46. The lowest BCUT2D eigenvalue weighted by Gasteiger charge is -2.02. The highest BCUT2D eigenvalue weighted by molar-refractivity contribution is 5.94. The largest absolute Gasteiger partial charge is 0.506 e. The zero-order valence-corrected chi connectivity index (χ0v) is 23.7. The number of hydrogen-bond donors (Lipinski definition) is 16. The summed E-state index contributed by atoms with van der Waals surface area (Å²) < 4.78 is 0. The van der Waals surface area contributed by atoms with E-state index in [0.29, 0.717) is 0 Å². The molecule has 0 atom stereocenters. The number of aromatic carboxylic acids is 3. The fourth-order valence-electron chi connectivity index (χ4n) is 2.98. The molecule has 18 N–H and O–H groups in total. The Labute approximate surface area is 266 Å². The Hall–Kier alpha value is -7.64. The van der Waals surface area contributed by atoms with Gasteiger partial charge in [-0.1, -0.05) is 0 Å². The highest BCUT2D eigenvalue weighted by atomic mass is 16.4. The molecule has 0 spiro atoms. The number of carbonyl (C=O) groups excluding carboxylic acids is 1. The van der Waals surface area contributed by atoms with Crippen molar-refractivity contribution in [1.82, 2.24) is 0 Å². The topological polar surface area (TPSA) is 404 Å². The number of aromatic hydroxyl groups is 11. The van der Waals surface area contributed by atoms with Crippen molar-refractivity contribution in [3.8, 4) is 63.2 Å². The molecule has 1 amide bonds. The molecule has 0 saturated heterocycles. The van der Waals surface area contributed by atoms with E-state index < -0.39 is 98.2 Å². The normalized spacial score (nSPS) is 9.67. The van der Waals surface area contributed by atoms with Gasteiger partial charge < -0.3 is 83.0 Å². The number of carboxylic acid groups (broad SMARTS) is 3. The number of phenols is 11. The molecule has 0 unspecified atom stereocenters. The number of carbonyl (C=O) groups is 4. The van der Waals surface area contributed by atoms with Crippen molar-refractivity contribution < 1.29 is 90.7 Å². The molecule has 4 aromatic carbocycles. The number of rotatable bonds is 4. The summed E-state index contributed by atoms with van der Waals surface area (Å²) in [6.07, 6.45) is 0. The predicted molar refractivity (Wildman–Crippen MR) is 158 cm³/mol. The maximum Gasteiger partial charge on any atom is 0.339 e. The SMILES string of the molecule is NC(=O)c1cc(O)c(O)c(O)c1.Nc1c(O)cc(C(=O)O)cc1O.O=C(O)c1ccc(O)c(O)c1O.O=C(O)c1ccc(O)c(O)c1O. The van der Waals surface area contributed by atoms with Gasteiger partial charge in [-0.15, -0.1) is 0 Å². The van der Waals surface area contributed by atoms with Crippen molar-refractivity contribution in [1.29, 1.82) is 0 Å². The van der Waals surface area contributed by atoms with Crippen LogP contribution in [0.25, 0.3) is 0 Å². The summed E-state index contributed by atoms with van der Waals surface area (Å²) in [5, 5.41) is 123. The summed E-state index contributed by atoms with van der Waals surface area (Å²) in [6.45, 7) is 0. The number of nitrogen functional groups attached to an aromatic ring is 1. The van der Waals surface area contributed by atoms with Crippen LogP contribution in [0.1, 0.15) is 41.4 Å². The maximum atomic E-state index is 10.5. The first kappa shape index (κ1) is 38.4. The maximum absolute atomic E-state index is 10.5. The second-order valence-electron chi connectivity index (χ2n) is 8.73. The smallest absolute Gasteiger partial charge is 0.339 e. The molecule has 0 saturated carbocycles. The minimum atomic E-state index is -1.37. The van der Waals surface area contributed by atoms with E-state index in [2.05, 4.69) is 0 Å². The molecule has 0 aliphatic carbocycles. The minimum Gasteiger partial charge on any atom is -0.506 e. The highest BCUT2D eigenvalue weighted by Crippen LogP contribution is 2.38. The average Bonchev–Trinajstić information content (AvgIpc) is 3.00. The van der Waals surface area contributed by atoms with Crippen molar-refractivity contribution in [3.05, 3.63) is 70.8 Å². The number of phenolic OH excluding ortho intramolecular Hbond substituents is 9. The second-order valence-corrected chi connectivity index (χ2v) is 8.73.